The number of halogens is 1. The van der Waals surface area contributed by atoms with Crippen LogP contribution in [0.4, 0.5) is 4.39 Å². The quantitative estimate of drug-likeness (QED) is 0.617. The Morgan fingerprint density at radius 1 is 1.10 bits per heavy atom. The first-order valence-electron chi connectivity index (χ1n) is 10.1. The molecule has 3 aromatic rings. The lowest BCUT2D eigenvalue weighted by molar-refractivity contribution is -0.131. The van der Waals surface area contributed by atoms with Crippen molar-refractivity contribution >= 4 is 5.91 Å². The monoisotopic (exact) mass is 392 g/mol. The van der Waals surface area contributed by atoms with Crippen molar-refractivity contribution in [1.29, 1.82) is 0 Å². The fourth-order valence-corrected chi connectivity index (χ4v) is 4.05. The Labute approximate surface area is 170 Å². The Hall–Kier alpha value is -3.02. The Morgan fingerprint density at radius 3 is 2.72 bits per heavy atom. The van der Waals surface area contributed by atoms with Crippen molar-refractivity contribution in [1.82, 2.24) is 19.7 Å². The summed E-state index contributed by atoms with van der Waals surface area (Å²) in [5.41, 5.74) is 1.67. The molecule has 0 spiro atoms. The maximum absolute atomic E-state index is 13.9. The number of aryl methyl sites for hydroxylation is 1. The normalized spacial score (nSPS) is 16.3. The molecule has 1 amide bonds. The lowest BCUT2D eigenvalue weighted by atomic mass is 10.1. The third-order valence-electron chi connectivity index (χ3n) is 5.59. The first kappa shape index (κ1) is 19.3. The molecule has 1 unspecified atom stereocenters. The first-order chi connectivity index (χ1) is 14.2. The first-order valence-corrected chi connectivity index (χ1v) is 10.1. The minimum atomic E-state index is -0.314. The molecule has 0 aliphatic carbocycles. The number of carbonyl (C=O) groups excluding carboxylic acids is 1. The minimum Gasteiger partial charge on any atom is -0.339 e. The zero-order chi connectivity index (χ0) is 20.1. The van der Waals surface area contributed by atoms with Gasteiger partial charge in [0.15, 0.2) is 0 Å². The molecular formula is C23H25FN4O. The maximum Gasteiger partial charge on any atom is 0.227 e. The van der Waals surface area contributed by atoms with Gasteiger partial charge in [0, 0.05) is 19.0 Å². The average Bonchev–Trinajstić information content (AvgIpc) is 3.38. The molecule has 5 nitrogen and oxygen atoms in total. The molecule has 2 heterocycles. The zero-order valence-electron chi connectivity index (χ0n) is 16.4. The third-order valence-corrected chi connectivity index (χ3v) is 5.59. The van der Waals surface area contributed by atoms with E-state index < -0.39 is 0 Å². The molecule has 0 radical (unpaired) electrons. The molecule has 0 saturated carbocycles. The Balaban J connectivity index is 1.37. The van der Waals surface area contributed by atoms with Crippen LogP contribution in [0.5, 0.6) is 0 Å². The highest BCUT2D eigenvalue weighted by atomic mass is 19.1. The fourth-order valence-electron chi connectivity index (χ4n) is 4.05. The molecule has 1 aliphatic heterocycles. The predicted molar refractivity (Wildman–Crippen MR) is 109 cm³/mol. The van der Waals surface area contributed by atoms with Gasteiger partial charge in [0.05, 0.1) is 13.0 Å². The summed E-state index contributed by atoms with van der Waals surface area (Å²) in [6.07, 6.45) is 5.46. The molecule has 4 rings (SSSR count). The van der Waals surface area contributed by atoms with E-state index in [-0.39, 0.29) is 24.2 Å². The van der Waals surface area contributed by atoms with Crippen LogP contribution in [0, 0.1) is 5.82 Å². The number of amides is 1. The highest BCUT2D eigenvalue weighted by molar-refractivity contribution is 5.79. The van der Waals surface area contributed by atoms with E-state index in [0.29, 0.717) is 5.56 Å². The second-order valence-electron chi connectivity index (χ2n) is 7.55. The van der Waals surface area contributed by atoms with Gasteiger partial charge in [-0.3, -0.25) is 4.79 Å². The van der Waals surface area contributed by atoms with Crippen molar-refractivity contribution < 1.29 is 9.18 Å². The molecule has 1 atom stereocenters. The number of nitrogens with zero attached hydrogens (tertiary/aromatic N) is 4. The highest BCUT2D eigenvalue weighted by Crippen LogP contribution is 2.23. The third kappa shape index (κ3) is 4.70. The Kier molecular flexibility index (Phi) is 5.98. The van der Waals surface area contributed by atoms with Crippen LogP contribution in [0.3, 0.4) is 0 Å². The van der Waals surface area contributed by atoms with Gasteiger partial charge in [0.1, 0.15) is 18.0 Å². The number of rotatable bonds is 7. The van der Waals surface area contributed by atoms with Crippen LogP contribution in [-0.2, 0) is 24.2 Å². The molecule has 2 aromatic carbocycles. The van der Waals surface area contributed by atoms with Crippen LogP contribution in [0.25, 0.3) is 0 Å². The average molecular weight is 392 g/mol. The maximum atomic E-state index is 13.9. The summed E-state index contributed by atoms with van der Waals surface area (Å²) < 4.78 is 16.0. The van der Waals surface area contributed by atoms with Gasteiger partial charge < -0.3 is 9.47 Å². The number of hydrogen-bond acceptors (Lipinski definition) is 3. The van der Waals surface area contributed by atoms with Crippen LogP contribution in [0.1, 0.15) is 36.2 Å². The predicted octanol–water partition coefficient (Wildman–Crippen LogP) is 3.63. The molecule has 1 aromatic heterocycles. The number of carbonyl (C=O) groups is 1. The number of hydrogen-bond donors (Lipinski definition) is 0. The largest absolute Gasteiger partial charge is 0.339 e. The Morgan fingerprint density at radius 2 is 1.90 bits per heavy atom. The van der Waals surface area contributed by atoms with E-state index in [1.807, 2.05) is 23.1 Å². The van der Waals surface area contributed by atoms with E-state index in [0.717, 1.165) is 44.6 Å². The van der Waals surface area contributed by atoms with E-state index in [9.17, 15) is 9.18 Å². The second kappa shape index (κ2) is 8.99. The van der Waals surface area contributed by atoms with Crippen molar-refractivity contribution in [2.24, 2.45) is 0 Å². The standard InChI is InChI=1S/C23H25FN4O/c24-21-11-5-4-9-19(21)15-23(29)28-14-6-10-20(28)12-13-22-26-25-17-27(22)16-18-7-2-1-3-8-18/h1-5,7-9,11,17,20H,6,10,12-16H2. The number of benzene rings is 2. The van der Waals surface area contributed by atoms with Crippen molar-refractivity contribution in [2.75, 3.05) is 6.54 Å². The van der Waals surface area contributed by atoms with Gasteiger partial charge >= 0.3 is 0 Å². The van der Waals surface area contributed by atoms with Crippen LogP contribution < -0.4 is 0 Å². The lowest BCUT2D eigenvalue weighted by Gasteiger charge is -2.25. The molecule has 1 saturated heterocycles. The van der Waals surface area contributed by atoms with E-state index in [1.54, 1.807) is 24.5 Å². The molecule has 29 heavy (non-hydrogen) atoms. The van der Waals surface area contributed by atoms with Crippen molar-refractivity contribution in [3.8, 4) is 0 Å². The van der Waals surface area contributed by atoms with Crippen molar-refractivity contribution in [2.45, 2.75) is 44.7 Å². The summed E-state index contributed by atoms with van der Waals surface area (Å²) in [5.74, 6) is 0.621. The minimum absolute atomic E-state index is 0.00310. The van der Waals surface area contributed by atoms with Gasteiger partial charge in [-0.05, 0) is 36.5 Å². The fraction of sp³-hybridized carbons (Fsp3) is 0.348. The molecule has 0 N–H and O–H groups in total. The van der Waals surface area contributed by atoms with Gasteiger partial charge in [-0.1, -0.05) is 48.5 Å². The van der Waals surface area contributed by atoms with E-state index in [4.69, 9.17) is 0 Å². The lowest BCUT2D eigenvalue weighted by Crippen LogP contribution is -2.37. The molecule has 6 heteroatoms. The van der Waals surface area contributed by atoms with E-state index in [1.165, 1.54) is 11.6 Å². The van der Waals surface area contributed by atoms with Gasteiger partial charge in [-0.15, -0.1) is 10.2 Å². The van der Waals surface area contributed by atoms with E-state index in [2.05, 4.69) is 26.9 Å². The van der Waals surface area contributed by atoms with Gasteiger partial charge in [0.25, 0.3) is 0 Å². The van der Waals surface area contributed by atoms with Gasteiger partial charge in [0.2, 0.25) is 5.91 Å². The zero-order valence-corrected chi connectivity index (χ0v) is 16.4. The number of likely N-dealkylation sites (tertiary alicyclic amines) is 1. The Bertz CT molecular complexity index is 956. The summed E-state index contributed by atoms with van der Waals surface area (Å²) in [5, 5.41) is 8.36. The van der Waals surface area contributed by atoms with Gasteiger partial charge in [-0.2, -0.15) is 0 Å². The van der Waals surface area contributed by atoms with Crippen LogP contribution in [0.15, 0.2) is 60.9 Å². The molecule has 0 bridgehead atoms. The van der Waals surface area contributed by atoms with Gasteiger partial charge in [-0.25, -0.2) is 4.39 Å². The van der Waals surface area contributed by atoms with E-state index >= 15 is 0 Å². The second-order valence-corrected chi connectivity index (χ2v) is 7.55. The summed E-state index contributed by atoms with van der Waals surface area (Å²) >= 11 is 0. The highest BCUT2D eigenvalue weighted by Gasteiger charge is 2.29. The van der Waals surface area contributed by atoms with Crippen molar-refractivity contribution in [3.05, 3.63) is 83.7 Å². The van der Waals surface area contributed by atoms with Crippen molar-refractivity contribution in [3.63, 3.8) is 0 Å². The molecule has 1 fully saturated rings. The van der Waals surface area contributed by atoms with Crippen LogP contribution in [0.2, 0.25) is 0 Å². The summed E-state index contributed by atoms with van der Waals surface area (Å²) in [4.78, 5) is 14.7. The molecule has 150 valence electrons. The SMILES string of the molecule is O=C(Cc1ccccc1F)N1CCCC1CCc1nncn1Cc1ccccc1. The summed E-state index contributed by atoms with van der Waals surface area (Å²) in [6.45, 7) is 1.48. The molecular weight excluding hydrogens is 367 g/mol. The number of aromatic nitrogens is 3. The smallest absolute Gasteiger partial charge is 0.227 e. The van der Waals surface area contributed by atoms with Crippen LogP contribution >= 0.6 is 0 Å². The molecule has 1 aliphatic rings. The topological polar surface area (TPSA) is 51.0 Å². The summed E-state index contributed by atoms with van der Waals surface area (Å²) in [6, 6.07) is 16.9. The summed E-state index contributed by atoms with van der Waals surface area (Å²) in [7, 11) is 0. The van der Waals surface area contributed by atoms with Crippen LogP contribution in [-0.4, -0.2) is 38.2 Å².